The maximum atomic E-state index is 13.3. The van der Waals surface area contributed by atoms with E-state index in [-0.39, 0.29) is 17.2 Å². The number of para-hydroxylation sites is 1. The number of amides is 1. The fraction of sp³-hybridized carbons (Fsp3) is 0.318. The zero-order valence-corrected chi connectivity index (χ0v) is 17.5. The molecular formula is C22H25N3O2S. The zero-order valence-electron chi connectivity index (χ0n) is 16.7. The topological polar surface area (TPSA) is 55.2 Å². The molecule has 5 nitrogen and oxygen atoms in total. The molecule has 0 aliphatic carbocycles. The largest absolute Gasteiger partial charge is 0.343 e. The van der Waals surface area contributed by atoms with Crippen LogP contribution >= 0.6 is 11.8 Å². The van der Waals surface area contributed by atoms with E-state index in [9.17, 15) is 9.59 Å². The second-order valence-corrected chi connectivity index (χ2v) is 7.70. The van der Waals surface area contributed by atoms with Crippen LogP contribution in [-0.2, 0) is 4.79 Å². The highest BCUT2D eigenvalue weighted by molar-refractivity contribution is 7.99. The molecule has 0 unspecified atom stereocenters. The molecule has 0 radical (unpaired) electrons. The second kappa shape index (κ2) is 8.61. The van der Waals surface area contributed by atoms with Crippen LogP contribution in [0.25, 0.3) is 16.6 Å². The SMILES string of the molecule is CCN(CC)C(=O)CSc1nc2ccccc2c(=O)n1-c1cc(C)cc(C)c1. The van der Waals surface area contributed by atoms with E-state index in [1.54, 1.807) is 15.5 Å². The third-order valence-electron chi connectivity index (χ3n) is 4.65. The van der Waals surface area contributed by atoms with E-state index in [2.05, 4.69) is 6.07 Å². The number of nitrogens with zero attached hydrogens (tertiary/aromatic N) is 3. The van der Waals surface area contributed by atoms with Gasteiger partial charge in [-0.15, -0.1) is 0 Å². The Morgan fingerprint density at radius 3 is 2.36 bits per heavy atom. The molecule has 2 aromatic carbocycles. The summed E-state index contributed by atoms with van der Waals surface area (Å²) in [7, 11) is 0. The number of rotatable bonds is 6. The van der Waals surface area contributed by atoms with Crippen molar-refractivity contribution in [2.24, 2.45) is 0 Å². The minimum atomic E-state index is -0.117. The first-order valence-electron chi connectivity index (χ1n) is 9.45. The number of thioether (sulfide) groups is 1. The highest BCUT2D eigenvalue weighted by Gasteiger charge is 2.17. The van der Waals surface area contributed by atoms with E-state index < -0.39 is 0 Å². The summed E-state index contributed by atoms with van der Waals surface area (Å²) in [6.07, 6.45) is 0. The van der Waals surface area contributed by atoms with Crippen LogP contribution in [0.4, 0.5) is 0 Å². The Bertz CT molecular complexity index is 1050. The Kier molecular flexibility index (Phi) is 6.19. The van der Waals surface area contributed by atoms with Gasteiger partial charge in [0.25, 0.3) is 5.56 Å². The molecule has 1 aromatic heterocycles. The van der Waals surface area contributed by atoms with Gasteiger partial charge < -0.3 is 4.90 Å². The lowest BCUT2D eigenvalue weighted by Gasteiger charge is -2.19. The molecule has 146 valence electrons. The minimum absolute atomic E-state index is 0.0457. The quantitative estimate of drug-likeness (QED) is 0.468. The third kappa shape index (κ3) is 4.12. The molecule has 0 aliphatic heterocycles. The zero-order chi connectivity index (χ0) is 20.3. The highest BCUT2D eigenvalue weighted by atomic mass is 32.2. The van der Waals surface area contributed by atoms with Crippen LogP contribution < -0.4 is 5.56 Å². The molecule has 0 bridgehead atoms. The summed E-state index contributed by atoms with van der Waals surface area (Å²) in [5.74, 6) is 0.293. The fourth-order valence-electron chi connectivity index (χ4n) is 3.31. The van der Waals surface area contributed by atoms with Crippen LogP contribution in [0.15, 0.2) is 52.4 Å². The maximum Gasteiger partial charge on any atom is 0.266 e. The smallest absolute Gasteiger partial charge is 0.266 e. The monoisotopic (exact) mass is 395 g/mol. The van der Waals surface area contributed by atoms with E-state index in [0.29, 0.717) is 29.1 Å². The number of fused-ring (bicyclic) bond motifs is 1. The molecule has 3 rings (SSSR count). The first-order valence-corrected chi connectivity index (χ1v) is 10.4. The number of carbonyl (C=O) groups is 1. The highest BCUT2D eigenvalue weighted by Crippen LogP contribution is 2.23. The van der Waals surface area contributed by atoms with Gasteiger partial charge in [0.1, 0.15) is 0 Å². The van der Waals surface area contributed by atoms with Gasteiger partial charge in [0.15, 0.2) is 5.16 Å². The van der Waals surface area contributed by atoms with Crippen molar-refractivity contribution in [3.63, 3.8) is 0 Å². The molecule has 0 atom stereocenters. The van der Waals surface area contributed by atoms with Crippen molar-refractivity contribution in [3.8, 4) is 5.69 Å². The van der Waals surface area contributed by atoms with E-state index in [1.807, 2.05) is 58.0 Å². The fourth-order valence-corrected chi connectivity index (χ4v) is 4.23. The van der Waals surface area contributed by atoms with Crippen LogP contribution in [-0.4, -0.2) is 39.2 Å². The number of aromatic nitrogens is 2. The van der Waals surface area contributed by atoms with Crippen LogP contribution in [0.5, 0.6) is 0 Å². The average molecular weight is 396 g/mol. The standard InChI is InChI=1S/C22H25N3O2S/c1-5-24(6-2)20(26)14-28-22-23-19-10-8-7-9-18(19)21(27)25(22)17-12-15(3)11-16(4)13-17/h7-13H,5-6,14H2,1-4H3. The van der Waals surface area contributed by atoms with Crippen LogP contribution in [0, 0.1) is 13.8 Å². The molecule has 0 fully saturated rings. The van der Waals surface area contributed by atoms with E-state index in [4.69, 9.17) is 4.98 Å². The van der Waals surface area contributed by atoms with Crippen molar-refractivity contribution < 1.29 is 4.79 Å². The van der Waals surface area contributed by atoms with E-state index in [1.165, 1.54) is 11.8 Å². The summed E-state index contributed by atoms with van der Waals surface area (Å²) in [5.41, 5.74) is 3.45. The van der Waals surface area contributed by atoms with Crippen molar-refractivity contribution in [2.45, 2.75) is 32.9 Å². The molecule has 1 amide bonds. The Morgan fingerprint density at radius 2 is 1.71 bits per heavy atom. The Hall–Kier alpha value is -2.60. The van der Waals surface area contributed by atoms with Crippen molar-refractivity contribution in [3.05, 3.63) is 63.9 Å². The Morgan fingerprint density at radius 1 is 1.07 bits per heavy atom. The third-order valence-corrected chi connectivity index (χ3v) is 5.57. The van der Waals surface area contributed by atoms with Crippen LogP contribution in [0.2, 0.25) is 0 Å². The number of hydrogen-bond donors (Lipinski definition) is 0. The second-order valence-electron chi connectivity index (χ2n) is 6.75. The van der Waals surface area contributed by atoms with Crippen molar-refractivity contribution in [1.82, 2.24) is 14.5 Å². The van der Waals surface area contributed by atoms with Crippen molar-refractivity contribution >= 4 is 28.6 Å². The molecule has 0 spiro atoms. The van der Waals surface area contributed by atoms with Gasteiger partial charge in [-0.25, -0.2) is 4.98 Å². The molecule has 0 saturated carbocycles. The van der Waals surface area contributed by atoms with E-state index in [0.717, 1.165) is 16.8 Å². The van der Waals surface area contributed by atoms with Crippen LogP contribution in [0.1, 0.15) is 25.0 Å². The summed E-state index contributed by atoms with van der Waals surface area (Å²) in [5, 5.41) is 1.11. The first kappa shape index (κ1) is 20.1. The summed E-state index contributed by atoms with van der Waals surface area (Å²) in [6, 6.07) is 13.3. The molecule has 0 N–H and O–H groups in total. The van der Waals surface area contributed by atoms with Crippen molar-refractivity contribution in [2.75, 3.05) is 18.8 Å². The van der Waals surface area contributed by atoms with Gasteiger partial charge in [-0.1, -0.05) is 30.0 Å². The first-order chi connectivity index (χ1) is 13.4. The van der Waals surface area contributed by atoms with Gasteiger partial charge >= 0.3 is 0 Å². The van der Waals surface area contributed by atoms with Gasteiger partial charge in [-0.05, 0) is 63.1 Å². The number of hydrogen-bond acceptors (Lipinski definition) is 4. The van der Waals surface area contributed by atoms with Gasteiger partial charge in [0.2, 0.25) is 5.91 Å². The normalized spacial score (nSPS) is 11.0. The summed E-state index contributed by atoms with van der Waals surface area (Å²) in [4.78, 5) is 32.2. The number of carbonyl (C=O) groups excluding carboxylic acids is 1. The molecule has 3 aromatic rings. The van der Waals surface area contributed by atoms with Gasteiger partial charge in [0.05, 0.1) is 22.3 Å². The molecule has 6 heteroatoms. The average Bonchev–Trinajstić information content (AvgIpc) is 2.66. The lowest BCUT2D eigenvalue weighted by molar-refractivity contribution is -0.127. The summed E-state index contributed by atoms with van der Waals surface area (Å²) >= 11 is 1.31. The number of aryl methyl sites for hydroxylation is 2. The van der Waals surface area contributed by atoms with Gasteiger partial charge in [0, 0.05) is 13.1 Å². The van der Waals surface area contributed by atoms with E-state index >= 15 is 0 Å². The molecule has 28 heavy (non-hydrogen) atoms. The number of benzene rings is 2. The lowest BCUT2D eigenvalue weighted by atomic mass is 10.1. The lowest BCUT2D eigenvalue weighted by Crippen LogP contribution is -2.32. The summed E-state index contributed by atoms with van der Waals surface area (Å²) in [6.45, 7) is 9.28. The Labute approximate surface area is 169 Å². The molecular weight excluding hydrogens is 370 g/mol. The van der Waals surface area contributed by atoms with Crippen LogP contribution in [0.3, 0.4) is 0 Å². The maximum absolute atomic E-state index is 13.3. The predicted molar refractivity (Wildman–Crippen MR) is 115 cm³/mol. The Balaban J connectivity index is 2.12. The minimum Gasteiger partial charge on any atom is -0.343 e. The molecule has 0 saturated heterocycles. The van der Waals surface area contributed by atoms with Gasteiger partial charge in [-0.3, -0.25) is 14.2 Å². The van der Waals surface area contributed by atoms with Gasteiger partial charge in [-0.2, -0.15) is 0 Å². The summed E-state index contributed by atoms with van der Waals surface area (Å²) < 4.78 is 1.63. The molecule has 0 aliphatic rings. The van der Waals surface area contributed by atoms with Crippen molar-refractivity contribution in [1.29, 1.82) is 0 Å². The predicted octanol–water partition coefficient (Wildman–Crippen LogP) is 3.96. The molecule has 1 heterocycles.